The van der Waals surface area contributed by atoms with Crippen molar-refractivity contribution in [3.63, 3.8) is 0 Å². The Hall–Kier alpha value is -2.53. The van der Waals surface area contributed by atoms with Crippen LogP contribution in [0.25, 0.3) is 0 Å². The number of esters is 1. The van der Waals surface area contributed by atoms with Crippen LogP contribution in [0, 0.1) is 6.92 Å². The van der Waals surface area contributed by atoms with Gasteiger partial charge in [0.15, 0.2) is 6.10 Å². The molecule has 132 valence electrons. The van der Waals surface area contributed by atoms with Crippen LogP contribution in [0.2, 0.25) is 5.02 Å². The van der Waals surface area contributed by atoms with E-state index < -0.39 is 12.1 Å². The van der Waals surface area contributed by atoms with Crippen molar-refractivity contribution in [3.05, 3.63) is 58.6 Å². The van der Waals surface area contributed by atoms with Crippen molar-refractivity contribution >= 4 is 29.2 Å². The smallest absolute Gasteiger partial charge is 0.339 e. The van der Waals surface area contributed by atoms with E-state index in [9.17, 15) is 9.59 Å². The first-order chi connectivity index (χ1) is 11.9. The van der Waals surface area contributed by atoms with Crippen molar-refractivity contribution in [2.24, 2.45) is 0 Å². The third kappa shape index (κ3) is 5.22. The molecule has 0 saturated carbocycles. The number of benzene rings is 2. The van der Waals surface area contributed by atoms with Crippen molar-refractivity contribution in [2.45, 2.75) is 26.9 Å². The minimum atomic E-state index is -0.690. The molecular weight excluding hydrogens is 342 g/mol. The lowest BCUT2D eigenvalue weighted by atomic mass is 10.2. The quantitative estimate of drug-likeness (QED) is 0.782. The van der Waals surface area contributed by atoms with Gasteiger partial charge in [0.25, 0.3) is 5.91 Å². The number of aryl methyl sites for hydroxylation is 1. The number of rotatable bonds is 6. The zero-order chi connectivity index (χ0) is 18.4. The highest BCUT2D eigenvalue weighted by Crippen LogP contribution is 2.22. The van der Waals surface area contributed by atoms with Gasteiger partial charge in [0, 0.05) is 5.69 Å². The topological polar surface area (TPSA) is 64.6 Å². The monoisotopic (exact) mass is 361 g/mol. The van der Waals surface area contributed by atoms with Crippen LogP contribution in [0.15, 0.2) is 42.5 Å². The summed E-state index contributed by atoms with van der Waals surface area (Å²) in [7, 11) is 0. The Morgan fingerprint density at radius 3 is 2.60 bits per heavy atom. The summed E-state index contributed by atoms with van der Waals surface area (Å²) in [5.41, 5.74) is 1.78. The maximum absolute atomic E-state index is 12.3. The van der Waals surface area contributed by atoms with Gasteiger partial charge in [-0.1, -0.05) is 23.7 Å². The molecule has 0 saturated heterocycles. The molecule has 0 fully saturated rings. The van der Waals surface area contributed by atoms with Crippen molar-refractivity contribution in [3.8, 4) is 5.75 Å². The summed E-state index contributed by atoms with van der Waals surface area (Å²) in [6.07, 6.45) is -0.690. The van der Waals surface area contributed by atoms with E-state index in [-0.39, 0.29) is 23.1 Å². The molecule has 0 aliphatic carbocycles. The Morgan fingerprint density at radius 1 is 1.20 bits per heavy atom. The second-order valence-corrected chi connectivity index (χ2v) is 5.89. The van der Waals surface area contributed by atoms with Gasteiger partial charge in [-0.05, 0) is 56.7 Å². The maximum atomic E-state index is 12.3. The molecule has 0 spiro atoms. The molecule has 1 unspecified atom stereocenters. The van der Waals surface area contributed by atoms with Crippen LogP contribution in [0.4, 0.5) is 5.69 Å². The summed E-state index contributed by atoms with van der Waals surface area (Å²) >= 11 is 6.09. The average Bonchev–Trinajstić information content (AvgIpc) is 2.55. The van der Waals surface area contributed by atoms with E-state index in [1.54, 1.807) is 26.0 Å². The molecule has 2 aromatic carbocycles. The minimum Gasteiger partial charge on any atom is -0.481 e. The third-order valence-electron chi connectivity index (χ3n) is 3.40. The second-order valence-electron chi connectivity index (χ2n) is 5.48. The van der Waals surface area contributed by atoms with Crippen molar-refractivity contribution < 1.29 is 19.1 Å². The predicted octanol–water partition coefficient (Wildman–Crippen LogP) is 4.23. The van der Waals surface area contributed by atoms with E-state index in [1.165, 1.54) is 12.1 Å². The lowest BCUT2D eigenvalue weighted by Gasteiger charge is -2.15. The number of nitrogens with one attached hydrogen (secondary N) is 1. The molecule has 0 heterocycles. The molecule has 0 bridgehead atoms. The number of carbonyl (C=O) groups excluding carboxylic acids is 2. The van der Waals surface area contributed by atoms with Gasteiger partial charge in [-0.15, -0.1) is 0 Å². The molecule has 0 aliphatic heterocycles. The first kappa shape index (κ1) is 18.8. The zero-order valence-corrected chi connectivity index (χ0v) is 15.1. The van der Waals surface area contributed by atoms with Gasteiger partial charge in [0.05, 0.1) is 17.2 Å². The Kier molecular flexibility index (Phi) is 6.42. The van der Waals surface area contributed by atoms with Crippen LogP contribution >= 0.6 is 11.6 Å². The average molecular weight is 362 g/mol. The van der Waals surface area contributed by atoms with Crippen molar-refractivity contribution in [1.82, 2.24) is 0 Å². The maximum Gasteiger partial charge on any atom is 0.339 e. The van der Waals surface area contributed by atoms with Gasteiger partial charge in [0.2, 0.25) is 0 Å². The number of halogens is 1. The Bertz CT molecular complexity index is 776. The minimum absolute atomic E-state index is 0.212. The Labute approximate surface area is 151 Å². The number of hydrogen-bond acceptors (Lipinski definition) is 4. The first-order valence-electron chi connectivity index (χ1n) is 7.91. The molecule has 1 atom stereocenters. The van der Waals surface area contributed by atoms with Crippen LogP contribution in [-0.4, -0.2) is 24.6 Å². The van der Waals surface area contributed by atoms with E-state index in [0.29, 0.717) is 11.4 Å². The van der Waals surface area contributed by atoms with Gasteiger partial charge in [-0.25, -0.2) is 4.79 Å². The van der Waals surface area contributed by atoms with Gasteiger partial charge in [-0.2, -0.15) is 0 Å². The van der Waals surface area contributed by atoms with E-state index in [2.05, 4.69) is 5.32 Å². The molecule has 6 heteroatoms. The molecule has 5 nitrogen and oxygen atoms in total. The van der Waals surface area contributed by atoms with Crippen molar-refractivity contribution in [1.29, 1.82) is 0 Å². The van der Waals surface area contributed by atoms with Gasteiger partial charge >= 0.3 is 5.97 Å². The molecule has 1 amide bonds. The zero-order valence-electron chi connectivity index (χ0n) is 14.3. The second kappa shape index (κ2) is 8.53. The highest BCUT2D eigenvalue weighted by atomic mass is 35.5. The summed E-state index contributed by atoms with van der Waals surface area (Å²) in [6.45, 7) is 5.59. The van der Waals surface area contributed by atoms with Gasteiger partial charge in [-0.3, -0.25) is 4.79 Å². The molecule has 2 rings (SSSR count). The molecule has 0 radical (unpaired) electrons. The largest absolute Gasteiger partial charge is 0.481 e. The summed E-state index contributed by atoms with van der Waals surface area (Å²) in [5, 5.41) is 2.93. The third-order valence-corrected chi connectivity index (χ3v) is 3.72. The molecular formula is C19H20ClNO4. The summed E-state index contributed by atoms with van der Waals surface area (Å²) in [4.78, 5) is 24.0. The fourth-order valence-corrected chi connectivity index (χ4v) is 2.42. The first-order valence-corrected chi connectivity index (χ1v) is 8.29. The molecule has 25 heavy (non-hydrogen) atoms. The Balaban J connectivity index is 2.02. The van der Waals surface area contributed by atoms with Gasteiger partial charge in [0.1, 0.15) is 5.75 Å². The molecule has 0 aliphatic rings. The van der Waals surface area contributed by atoms with Crippen LogP contribution in [-0.2, 0) is 9.53 Å². The summed E-state index contributed by atoms with van der Waals surface area (Å²) in [5.74, 6) is -0.193. The van der Waals surface area contributed by atoms with E-state index in [4.69, 9.17) is 21.1 Å². The van der Waals surface area contributed by atoms with Gasteiger partial charge < -0.3 is 14.8 Å². The highest BCUT2D eigenvalue weighted by Gasteiger charge is 2.17. The van der Waals surface area contributed by atoms with E-state index in [0.717, 1.165) is 5.56 Å². The number of carbonyl (C=O) groups is 2. The fourth-order valence-electron chi connectivity index (χ4n) is 2.16. The van der Waals surface area contributed by atoms with Crippen LogP contribution in [0.3, 0.4) is 0 Å². The van der Waals surface area contributed by atoms with Crippen molar-refractivity contribution in [2.75, 3.05) is 11.9 Å². The predicted molar refractivity (Wildman–Crippen MR) is 97.3 cm³/mol. The highest BCUT2D eigenvalue weighted by molar-refractivity contribution is 6.34. The normalized spacial score (nSPS) is 11.5. The van der Waals surface area contributed by atoms with E-state index >= 15 is 0 Å². The lowest BCUT2D eigenvalue weighted by molar-refractivity contribution is -0.122. The number of amides is 1. The Morgan fingerprint density at radius 2 is 1.96 bits per heavy atom. The number of hydrogen-bond donors (Lipinski definition) is 1. The van der Waals surface area contributed by atoms with Crippen LogP contribution in [0.5, 0.6) is 5.75 Å². The van der Waals surface area contributed by atoms with Crippen LogP contribution < -0.4 is 10.1 Å². The summed E-state index contributed by atoms with van der Waals surface area (Å²) < 4.78 is 10.5. The molecule has 1 N–H and O–H groups in total. The fraction of sp³-hybridized carbons (Fsp3) is 0.263. The molecule has 0 aromatic heterocycles. The lowest BCUT2D eigenvalue weighted by Crippen LogP contribution is -2.30. The van der Waals surface area contributed by atoms with E-state index in [1.807, 2.05) is 25.1 Å². The summed E-state index contributed by atoms with van der Waals surface area (Å²) in [6, 6.07) is 12.1. The van der Waals surface area contributed by atoms with Crippen LogP contribution in [0.1, 0.15) is 29.8 Å². The number of anilines is 1. The standard InChI is InChI=1S/C19H20ClNO4/c1-4-24-19(23)16-9-8-14(11-17(16)20)21-18(22)13(3)25-15-7-5-6-12(2)10-15/h5-11,13H,4H2,1-3H3,(H,21,22). The molecule has 2 aromatic rings. The number of ether oxygens (including phenoxy) is 2. The SMILES string of the molecule is CCOC(=O)c1ccc(NC(=O)C(C)Oc2cccc(C)c2)cc1Cl.